The average molecular weight is 288 g/mol. The van der Waals surface area contributed by atoms with Crippen LogP contribution in [-0.2, 0) is 0 Å². The zero-order valence-corrected chi connectivity index (χ0v) is 12.8. The molecule has 1 heterocycles. The molecule has 114 valence electrons. The van der Waals surface area contributed by atoms with E-state index in [1.807, 2.05) is 30.3 Å². The van der Waals surface area contributed by atoms with Crippen molar-refractivity contribution < 1.29 is 4.74 Å². The van der Waals surface area contributed by atoms with E-state index in [9.17, 15) is 0 Å². The summed E-state index contributed by atoms with van der Waals surface area (Å²) in [6, 6.07) is 10.4. The highest BCUT2D eigenvalue weighted by Crippen LogP contribution is 2.11. The summed E-state index contributed by atoms with van der Waals surface area (Å²) < 4.78 is 7.63. The highest BCUT2D eigenvalue weighted by atomic mass is 16.5. The molecule has 2 aromatic rings. The maximum Gasteiger partial charge on any atom is 0.336 e. The largest absolute Gasteiger partial charge is 0.458 e. The summed E-state index contributed by atoms with van der Waals surface area (Å²) in [5, 5.41) is 7.78. The fourth-order valence-corrected chi connectivity index (χ4v) is 2.12. The van der Waals surface area contributed by atoms with Crippen molar-refractivity contribution in [1.82, 2.24) is 20.1 Å². The van der Waals surface area contributed by atoms with Gasteiger partial charge in [-0.25, -0.2) is 4.68 Å². The lowest BCUT2D eigenvalue weighted by Gasteiger charge is -2.16. The molecule has 1 aromatic carbocycles. The van der Waals surface area contributed by atoms with E-state index in [4.69, 9.17) is 4.74 Å². The van der Waals surface area contributed by atoms with Crippen molar-refractivity contribution in [2.45, 2.75) is 39.2 Å². The molecule has 2 rings (SSSR count). The van der Waals surface area contributed by atoms with Crippen molar-refractivity contribution >= 4 is 0 Å². The van der Waals surface area contributed by atoms with E-state index < -0.39 is 0 Å². The SMILES string of the molecule is CCCNCC(CCC)Oc1ncn(-c2ccccc2)n1. The first kappa shape index (κ1) is 15.5. The Labute approximate surface area is 126 Å². The third-order valence-corrected chi connectivity index (χ3v) is 3.17. The summed E-state index contributed by atoms with van der Waals surface area (Å²) in [5.74, 6) is 0. The fraction of sp³-hybridized carbons (Fsp3) is 0.500. The molecule has 21 heavy (non-hydrogen) atoms. The molecule has 0 radical (unpaired) electrons. The zero-order valence-electron chi connectivity index (χ0n) is 12.8. The van der Waals surface area contributed by atoms with Crippen LogP contribution >= 0.6 is 0 Å². The molecule has 0 spiro atoms. The van der Waals surface area contributed by atoms with E-state index in [0.717, 1.165) is 38.0 Å². The number of hydrogen-bond acceptors (Lipinski definition) is 4. The van der Waals surface area contributed by atoms with Crippen LogP contribution in [0.2, 0.25) is 0 Å². The molecule has 1 atom stereocenters. The van der Waals surface area contributed by atoms with Gasteiger partial charge in [0.1, 0.15) is 12.4 Å². The Kier molecular flexibility index (Phi) is 6.22. The van der Waals surface area contributed by atoms with Crippen molar-refractivity contribution in [1.29, 1.82) is 0 Å². The van der Waals surface area contributed by atoms with E-state index in [1.165, 1.54) is 0 Å². The number of nitrogens with zero attached hydrogens (tertiary/aromatic N) is 3. The second kappa shape index (κ2) is 8.42. The van der Waals surface area contributed by atoms with Crippen LogP contribution in [0.4, 0.5) is 0 Å². The molecule has 0 amide bonds. The highest BCUT2D eigenvalue weighted by molar-refractivity contribution is 5.29. The second-order valence-electron chi connectivity index (χ2n) is 5.04. The van der Waals surface area contributed by atoms with Gasteiger partial charge in [0.2, 0.25) is 0 Å². The van der Waals surface area contributed by atoms with E-state index in [0.29, 0.717) is 6.01 Å². The predicted molar refractivity (Wildman–Crippen MR) is 83.8 cm³/mol. The minimum absolute atomic E-state index is 0.119. The molecule has 0 saturated heterocycles. The topological polar surface area (TPSA) is 52.0 Å². The van der Waals surface area contributed by atoms with E-state index in [1.54, 1.807) is 11.0 Å². The van der Waals surface area contributed by atoms with Crippen molar-refractivity contribution in [3.63, 3.8) is 0 Å². The van der Waals surface area contributed by atoms with Crippen molar-refractivity contribution in [2.24, 2.45) is 0 Å². The van der Waals surface area contributed by atoms with Gasteiger partial charge < -0.3 is 10.1 Å². The average Bonchev–Trinajstić information content (AvgIpc) is 2.97. The van der Waals surface area contributed by atoms with Gasteiger partial charge in [0.15, 0.2) is 0 Å². The summed E-state index contributed by atoms with van der Waals surface area (Å²) in [5.41, 5.74) is 0.982. The molecular formula is C16H24N4O. The van der Waals surface area contributed by atoms with Gasteiger partial charge in [0.25, 0.3) is 0 Å². The third-order valence-electron chi connectivity index (χ3n) is 3.17. The summed E-state index contributed by atoms with van der Waals surface area (Å²) in [4.78, 5) is 4.24. The fourth-order valence-electron chi connectivity index (χ4n) is 2.12. The van der Waals surface area contributed by atoms with Crippen LogP contribution in [0.5, 0.6) is 6.01 Å². The van der Waals surface area contributed by atoms with Crippen LogP contribution in [0.15, 0.2) is 36.7 Å². The molecule has 1 aromatic heterocycles. The number of aromatic nitrogens is 3. The second-order valence-corrected chi connectivity index (χ2v) is 5.04. The van der Waals surface area contributed by atoms with Gasteiger partial charge in [-0.05, 0) is 31.5 Å². The molecule has 0 aliphatic heterocycles. The van der Waals surface area contributed by atoms with Crippen LogP contribution in [0.1, 0.15) is 33.1 Å². The molecule has 5 heteroatoms. The Morgan fingerprint density at radius 3 is 2.71 bits per heavy atom. The van der Waals surface area contributed by atoms with E-state index in [-0.39, 0.29) is 6.10 Å². The maximum atomic E-state index is 5.90. The van der Waals surface area contributed by atoms with Crippen molar-refractivity contribution in [3.05, 3.63) is 36.7 Å². The first-order valence-corrected chi connectivity index (χ1v) is 7.68. The predicted octanol–water partition coefficient (Wildman–Crippen LogP) is 2.81. The Balaban J connectivity index is 1.96. The van der Waals surface area contributed by atoms with Gasteiger partial charge in [0.05, 0.1) is 5.69 Å². The van der Waals surface area contributed by atoms with Crippen molar-refractivity contribution in [3.8, 4) is 11.7 Å². The Morgan fingerprint density at radius 1 is 1.19 bits per heavy atom. The Morgan fingerprint density at radius 2 is 2.00 bits per heavy atom. The number of benzene rings is 1. The quantitative estimate of drug-likeness (QED) is 0.721. The van der Waals surface area contributed by atoms with Crippen molar-refractivity contribution in [2.75, 3.05) is 13.1 Å². The lowest BCUT2D eigenvalue weighted by Crippen LogP contribution is -2.32. The molecule has 5 nitrogen and oxygen atoms in total. The number of hydrogen-bond donors (Lipinski definition) is 1. The first-order valence-electron chi connectivity index (χ1n) is 7.68. The molecule has 0 saturated carbocycles. The van der Waals surface area contributed by atoms with E-state index in [2.05, 4.69) is 29.2 Å². The molecular weight excluding hydrogens is 264 g/mol. The molecule has 1 N–H and O–H groups in total. The summed E-state index contributed by atoms with van der Waals surface area (Å²) in [6.45, 7) is 6.16. The van der Waals surface area contributed by atoms with Crippen LogP contribution in [0, 0.1) is 0 Å². The summed E-state index contributed by atoms with van der Waals surface area (Å²) in [7, 11) is 0. The Bertz CT molecular complexity index is 512. The maximum absolute atomic E-state index is 5.90. The molecule has 0 bridgehead atoms. The van der Waals surface area contributed by atoms with Gasteiger partial charge >= 0.3 is 6.01 Å². The lowest BCUT2D eigenvalue weighted by atomic mass is 10.2. The van der Waals surface area contributed by atoms with E-state index >= 15 is 0 Å². The van der Waals surface area contributed by atoms with Crippen LogP contribution in [-0.4, -0.2) is 34.0 Å². The van der Waals surface area contributed by atoms with Gasteiger partial charge in [-0.15, -0.1) is 5.10 Å². The normalized spacial score (nSPS) is 12.3. The number of para-hydroxylation sites is 1. The highest BCUT2D eigenvalue weighted by Gasteiger charge is 2.12. The van der Waals surface area contributed by atoms with Crippen LogP contribution in [0.25, 0.3) is 5.69 Å². The van der Waals surface area contributed by atoms with Gasteiger partial charge in [-0.2, -0.15) is 4.98 Å². The minimum atomic E-state index is 0.119. The summed E-state index contributed by atoms with van der Waals surface area (Å²) >= 11 is 0. The standard InChI is InChI=1S/C16H24N4O/c1-3-8-15(12-17-11-4-2)21-16-18-13-20(19-16)14-9-6-5-7-10-14/h5-7,9-10,13,15,17H,3-4,8,11-12H2,1-2H3. The molecule has 0 fully saturated rings. The van der Waals surface area contributed by atoms with Gasteiger partial charge in [-0.3, -0.25) is 0 Å². The Hall–Kier alpha value is -1.88. The lowest BCUT2D eigenvalue weighted by molar-refractivity contribution is 0.171. The molecule has 1 unspecified atom stereocenters. The molecule has 0 aliphatic carbocycles. The third kappa shape index (κ3) is 4.86. The number of ether oxygens (including phenoxy) is 1. The zero-order chi connectivity index (χ0) is 14.9. The minimum Gasteiger partial charge on any atom is -0.458 e. The van der Waals surface area contributed by atoms with Crippen LogP contribution in [0.3, 0.4) is 0 Å². The smallest absolute Gasteiger partial charge is 0.336 e. The number of nitrogens with one attached hydrogen (secondary N) is 1. The van der Waals surface area contributed by atoms with Crippen LogP contribution < -0.4 is 10.1 Å². The molecule has 0 aliphatic rings. The van der Waals surface area contributed by atoms with Gasteiger partial charge in [-0.1, -0.05) is 38.5 Å². The summed E-state index contributed by atoms with van der Waals surface area (Å²) in [6.07, 6.45) is 5.01. The van der Waals surface area contributed by atoms with Gasteiger partial charge in [0, 0.05) is 6.54 Å². The number of rotatable bonds is 9. The first-order chi connectivity index (χ1) is 10.3. The monoisotopic (exact) mass is 288 g/mol.